The van der Waals surface area contributed by atoms with Gasteiger partial charge in [-0.2, -0.15) is 4.37 Å². The molecule has 1 heterocycles. The van der Waals surface area contributed by atoms with Gasteiger partial charge in [0.1, 0.15) is 10.9 Å². The molecule has 8 nitrogen and oxygen atoms in total. The number of nitrogen functional groups attached to an aromatic ring is 1. The van der Waals surface area contributed by atoms with Gasteiger partial charge >= 0.3 is 0 Å². The van der Waals surface area contributed by atoms with Crippen molar-refractivity contribution in [1.82, 2.24) is 9.69 Å². The van der Waals surface area contributed by atoms with Crippen molar-refractivity contribution < 1.29 is 14.4 Å². The van der Waals surface area contributed by atoms with Crippen LogP contribution in [0.5, 0.6) is 0 Å². The summed E-state index contributed by atoms with van der Waals surface area (Å²) in [4.78, 5) is 40.4. The second-order valence-corrected chi connectivity index (χ2v) is 9.29. The number of amides is 3. The van der Waals surface area contributed by atoms with E-state index in [2.05, 4.69) is 23.5 Å². The van der Waals surface area contributed by atoms with Crippen molar-refractivity contribution in [1.29, 1.82) is 0 Å². The van der Waals surface area contributed by atoms with Crippen molar-refractivity contribution in [2.75, 3.05) is 17.2 Å². The van der Waals surface area contributed by atoms with Crippen molar-refractivity contribution in [3.8, 4) is 0 Å². The molecule has 1 aromatic heterocycles. The monoisotopic (exact) mass is 499 g/mol. The first-order chi connectivity index (χ1) is 16.2. The fourth-order valence-electron chi connectivity index (χ4n) is 3.35. The number of halogens is 1. The van der Waals surface area contributed by atoms with E-state index in [0.29, 0.717) is 28.7 Å². The first-order valence-electron chi connectivity index (χ1n) is 10.7. The Hall–Kier alpha value is -3.43. The highest BCUT2D eigenvalue weighted by Crippen LogP contribution is 2.33. The van der Waals surface area contributed by atoms with Crippen LogP contribution < -0.4 is 21.7 Å². The van der Waals surface area contributed by atoms with Gasteiger partial charge in [0.25, 0.3) is 11.8 Å². The highest BCUT2D eigenvalue weighted by Gasteiger charge is 2.35. The van der Waals surface area contributed by atoms with Crippen molar-refractivity contribution in [3.63, 3.8) is 0 Å². The third-order valence-corrected chi connectivity index (χ3v) is 6.22. The molecule has 0 aliphatic carbocycles. The Morgan fingerprint density at radius 2 is 1.74 bits per heavy atom. The van der Waals surface area contributed by atoms with Crippen molar-refractivity contribution in [2.24, 2.45) is 11.7 Å². The van der Waals surface area contributed by atoms with Crippen molar-refractivity contribution in [3.05, 3.63) is 75.8 Å². The highest BCUT2D eigenvalue weighted by atomic mass is 35.5. The molecular weight excluding hydrogens is 474 g/mol. The van der Waals surface area contributed by atoms with E-state index in [4.69, 9.17) is 23.1 Å². The largest absolute Gasteiger partial charge is 0.395 e. The average Bonchev–Trinajstić information content (AvgIpc) is 3.19. The van der Waals surface area contributed by atoms with Gasteiger partial charge in [-0.05, 0) is 53.7 Å². The summed E-state index contributed by atoms with van der Waals surface area (Å²) in [5.41, 5.74) is 12.1. The number of anilines is 2. The molecule has 0 saturated heterocycles. The number of carbonyl (C=O) groups is 3. The summed E-state index contributed by atoms with van der Waals surface area (Å²) in [5.74, 6) is -1.38. The lowest BCUT2D eigenvalue weighted by Gasteiger charge is -2.31. The minimum absolute atomic E-state index is 0.0200. The van der Waals surface area contributed by atoms with Gasteiger partial charge in [-0.3, -0.25) is 19.3 Å². The predicted molar refractivity (Wildman–Crippen MR) is 135 cm³/mol. The van der Waals surface area contributed by atoms with Gasteiger partial charge in [-0.1, -0.05) is 55.8 Å². The molecule has 0 bridgehead atoms. The lowest BCUT2D eigenvalue weighted by molar-refractivity contribution is -0.122. The number of rotatable bonds is 9. The summed E-state index contributed by atoms with van der Waals surface area (Å²) in [6, 6.07) is 14.4. The second kappa shape index (κ2) is 11.1. The molecule has 0 fully saturated rings. The summed E-state index contributed by atoms with van der Waals surface area (Å²) in [5, 5.41) is 3.44. The van der Waals surface area contributed by atoms with E-state index in [1.807, 2.05) is 0 Å². The Morgan fingerprint density at radius 3 is 2.29 bits per heavy atom. The summed E-state index contributed by atoms with van der Waals surface area (Å²) < 4.78 is 3.95. The number of nitrogens with one attached hydrogen (secondary N) is 1. The van der Waals surface area contributed by atoms with E-state index in [1.54, 1.807) is 54.6 Å². The Kier molecular flexibility index (Phi) is 8.25. The van der Waals surface area contributed by atoms with Crippen LogP contribution in [-0.4, -0.2) is 28.6 Å². The highest BCUT2D eigenvalue weighted by molar-refractivity contribution is 7.09. The third kappa shape index (κ3) is 5.73. The molecule has 0 aliphatic heterocycles. The summed E-state index contributed by atoms with van der Waals surface area (Å²) in [6.45, 7) is 4.57. The van der Waals surface area contributed by atoms with Crippen LogP contribution in [0.15, 0.2) is 54.6 Å². The molecule has 0 aliphatic rings. The number of benzene rings is 2. The van der Waals surface area contributed by atoms with Crippen LogP contribution in [0.4, 0.5) is 11.4 Å². The molecule has 1 atom stereocenters. The zero-order valence-electron chi connectivity index (χ0n) is 18.8. The fraction of sp³-hybridized carbons (Fsp3) is 0.250. The Balaban J connectivity index is 2.12. The molecule has 3 aromatic rings. The zero-order chi connectivity index (χ0) is 24.8. The Labute approximate surface area is 207 Å². The topological polar surface area (TPSA) is 131 Å². The van der Waals surface area contributed by atoms with Gasteiger partial charge in [-0.25, -0.2) is 0 Å². The molecule has 0 radical (unpaired) electrons. The van der Waals surface area contributed by atoms with Gasteiger partial charge in [-0.15, -0.1) is 0 Å². The van der Waals surface area contributed by atoms with Gasteiger partial charge < -0.3 is 16.8 Å². The normalized spacial score (nSPS) is 11.8. The first kappa shape index (κ1) is 25.2. The average molecular weight is 500 g/mol. The molecular formula is C24H26ClN5O3S. The van der Waals surface area contributed by atoms with Gasteiger partial charge in [0.2, 0.25) is 5.91 Å². The number of nitrogens with two attached hydrogens (primary N) is 2. The maximum atomic E-state index is 13.8. The van der Waals surface area contributed by atoms with Crippen LogP contribution in [0.2, 0.25) is 5.02 Å². The predicted octanol–water partition coefficient (Wildman–Crippen LogP) is 4.03. The maximum Gasteiger partial charge on any atom is 0.273 e. The molecule has 2 aromatic carbocycles. The van der Waals surface area contributed by atoms with E-state index in [-0.39, 0.29) is 22.2 Å². The summed E-state index contributed by atoms with van der Waals surface area (Å²) in [7, 11) is 0. The third-order valence-electron chi connectivity index (χ3n) is 5.12. The van der Waals surface area contributed by atoms with E-state index >= 15 is 0 Å². The van der Waals surface area contributed by atoms with Crippen LogP contribution in [0, 0.1) is 5.92 Å². The maximum absolute atomic E-state index is 13.8. The molecule has 5 N–H and O–H groups in total. The molecule has 178 valence electrons. The second-order valence-electron chi connectivity index (χ2n) is 8.08. The minimum atomic E-state index is -1.03. The van der Waals surface area contributed by atoms with E-state index < -0.39 is 17.9 Å². The van der Waals surface area contributed by atoms with Crippen LogP contribution in [0.25, 0.3) is 0 Å². The summed E-state index contributed by atoms with van der Waals surface area (Å²) in [6.07, 6.45) is 0.780. The molecule has 34 heavy (non-hydrogen) atoms. The molecule has 3 rings (SSSR count). The standard InChI is InChI=1S/C24H26ClN5O3S/c1-14(2)12-13-28-23(32)20(15-8-10-16(25)11-9-15)30(17-6-4-3-5-7-17)24(33)21-18(26)19(22(27)31)29-34-21/h3-11,14,20H,12-13,26H2,1-2H3,(H2,27,31)(H,28,32)/t20-/m1/s1. The lowest BCUT2D eigenvalue weighted by Crippen LogP contribution is -2.44. The van der Waals surface area contributed by atoms with E-state index in [9.17, 15) is 14.4 Å². The number of para-hydroxylation sites is 1. The van der Waals surface area contributed by atoms with Crippen molar-refractivity contribution in [2.45, 2.75) is 26.3 Å². The van der Waals surface area contributed by atoms with Gasteiger partial charge in [0.05, 0.1) is 5.69 Å². The Bertz CT molecular complexity index is 1170. The number of aromatic nitrogens is 1. The van der Waals surface area contributed by atoms with E-state index in [0.717, 1.165) is 18.0 Å². The summed E-state index contributed by atoms with van der Waals surface area (Å²) >= 11 is 6.84. The van der Waals surface area contributed by atoms with Crippen LogP contribution in [0.3, 0.4) is 0 Å². The molecule has 0 spiro atoms. The number of hydrogen-bond donors (Lipinski definition) is 3. The number of primary amides is 1. The number of carbonyl (C=O) groups excluding carboxylic acids is 3. The Morgan fingerprint density at radius 1 is 1.09 bits per heavy atom. The van der Waals surface area contributed by atoms with Crippen LogP contribution in [-0.2, 0) is 4.79 Å². The molecule has 0 unspecified atom stereocenters. The molecule has 10 heteroatoms. The quantitative estimate of drug-likeness (QED) is 0.409. The lowest BCUT2D eigenvalue weighted by atomic mass is 10.0. The van der Waals surface area contributed by atoms with E-state index in [1.165, 1.54) is 4.90 Å². The van der Waals surface area contributed by atoms with Crippen LogP contribution >= 0.6 is 23.1 Å². The van der Waals surface area contributed by atoms with Gasteiger partial charge in [0.15, 0.2) is 5.69 Å². The van der Waals surface area contributed by atoms with Crippen LogP contribution in [0.1, 0.15) is 52.0 Å². The molecule has 0 saturated carbocycles. The van der Waals surface area contributed by atoms with Crippen molar-refractivity contribution >= 4 is 52.2 Å². The van der Waals surface area contributed by atoms with Gasteiger partial charge in [0, 0.05) is 17.3 Å². The smallest absolute Gasteiger partial charge is 0.273 e. The molecule has 3 amide bonds. The SMILES string of the molecule is CC(C)CCNC(=O)[C@@H](c1ccc(Cl)cc1)N(C(=O)c1snc(C(N)=O)c1N)c1ccccc1. The number of hydrogen-bond acceptors (Lipinski definition) is 6. The minimum Gasteiger partial charge on any atom is -0.395 e. The fourth-order valence-corrected chi connectivity index (χ4v) is 4.22. The zero-order valence-corrected chi connectivity index (χ0v) is 20.4. The first-order valence-corrected chi connectivity index (χ1v) is 11.8. The number of nitrogens with zero attached hydrogens (tertiary/aromatic N) is 2.